The smallest absolute Gasteiger partial charge is 0.0561 e. The van der Waals surface area contributed by atoms with Crippen LogP contribution in [-0.4, -0.2) is 0 Å². The molecule has 2 rings (SSSR count). The van der Waals surface area contributed by atoms with E-state index in [9.17, 15) is 0 Å². The van der Waals surface area contributed by atoms with Crippen LogP contribution in [0.5, 0.6) is 0 Å². The first-order valence-electron chi connectivity index (χ1n) is 4.01. The van der Waals surface area contributed by atoms with Gasteiger partial charge in [0, 0.05) is 4.47 Å². The summed E-state index contributed by atoms with van der Waals surface area (Å²) in [5, 5.41) is 0. The zero-order valence-corrected chi connectivity index (χ0v) is 8.26. The van der Waals surface area contributed by atoms with Crippen molar-refractivity contribution in [3.63, 3.8) is 0 Å². The largest absolute Gasteiger partial charge is 0.119 e. The molecule has 0 unspecified atom stereocenters. The van der Waals surface area contributed by atoms with Crippen LogP contribution in [-0.2, 0) is 5.41 Å². The van der Waals surface area contributed by atoms with Crippen molar-refractivity contribution in [1.29, 1.82) is 0 Å². The van der Waals surface area contributed by atoms with E-state index in [1.165, 1.54) is 5.56 Å². The quantitative estimate of drug-likeness (QED) is 0.639. The molecule has 0 amide bonds. The summed E-state index contributed by atoms with van der Waals surface area (Å²) in [6.45, 7) is 0. The summed E-state index contributed by atoms with van der Waals surface area (Å²) < 4.78 is 1.11. The Morgan fingerprint density at radius 2 is 1.83 bits per heavy atom. The molecule has 1 aromatic carbocycles. The van der Waals surface area contributed by atoms with Crippen molar-refractivity contribution in [3.8, 4) is 12.3 Å². The van der Waals surface area contributed by atoms with Gasteiger partial charge in [0.05, 0.1) is 5.41 Å². The summed E-state index contributed by atoms with van der Waals surface area (Å²) in [7, 11) is 0. The zero-order valence-electron chi connectivity index (χ0n) is 6.68. The van der Waals surface area contributed by atoms with Gasteiger partial charge in [-0.1, -0.05) is 34.0 Å². The SMILES string of the molecule is C#CC1(c2ccc(Br)cc2)CC1. The standard InChI is InChI=1S/C11H9Br/c1-2-11(7-8-11)9-3-5-10(12)6-4-9/h1,3-6H,7-8H2. The van der Waals surface area contributed by atoms with Crippen LogP contribution >= 0.6 is 15.9 Å². The van der Waals surface area contributed by atoms with Crippen molar-refractivity contribution < 1.29 is 0 Å². The third-order valence-corrected chi connectivity index (χ3v) is 2.95. The van der Waals surface area contributed by atoms with Crippen molar-refractivity contribution in [2.75, 3.05) is 0 Å². The molecule has 1 saturated carbocycles. The highest BCUT2D eigenvalue weighted by atomic mass is 79.9. The highest BCUT2D eigenvalue weighted by molar-refractivity contribution is 9.10. The van der Waals surface area contributed by atoms with Crippen LogP contribution in [0.25, 0.3) is 0 Å². The number of rotatable bonds is 1. The van der Waals surface area contributed by atoms with Crippen LogP contribution in [0.15, 0.2) is 28.7 Å². The van der Waals surface area contributed by atoms with E-state index in [4.69, 9.17) is 6.42 Å². The van der Waals surface area contributed by atoms with Gasteiger partial charge in [-0.15, -0.1) is 6.42 Å². The molecule has 0 N–H and O–H groups in total. The first kappa shape index (κ1) is 7.89. The van der Waals surface area contributed by atoms with E-state index in [2.05, 4.69) is 34.0 Å². The topological polar surface area (TPSA) is 0 Å². The lowest BCUT2D eigenvalue weighted by atomic mass is 9.97. The second-order valence-corrected chi connectivity index (χ2v) is 4.15. The van der Waals surface area contributed by atoms with Crippen molar-refractivity contribution >= 4 is 15.9 Å². The van der Waals surface area contributed by atoms with Crippen LogP contribution in [0, 0.1) is 12.3 Å². The second kappa shape index (κ2) is 2.64. The highest BCUT2D eigenvalue weighted by Gasteiger charge is 2.42. The van der Waals surface area contributed by atoms with Crippen LogP contribution in [0.3, 0.4) is 0 Å². The summed E-state index contributed by atoms with van der Waals surface area (Å²) in [6.07, 6.45) is 7.77. The van der Waals surface area contributed by atoms with E-state index in [0.717, 1.165) is 17.3 Å². The summed E-state index contributed by atoms with van der Waals surface area (Å²) in [5.74, 6) is 2.87. The molecule has 60 valence electrons. The van der Waals surface area contributed by atoms with Gasteiger partial charge >= 0.3 is 0 Å². The van der Waals surface area contributed by atoms with Gasteiger partial charge in [-0.05, 0) is 30.5 Å². The molecule has 0 atom stereocenters. The lowest BCUT2D eigenvalue weighted by Crippen LogP contribution is -2.01. The Bertz CT molecular complexity index is 325. The van der Waals surface area contributed by atoms with Gasteiger partial charge in [-0.3, -0.25) is 0 Å². The van der Waals surface area contributed by atoms with Gasteiger partial charge in [0.15, 0.2) is 0 Å². The monoisotopic (exact) mass is 220 g/mol. The molecule has 0 aliphatic heterocycles. The molecule has 0 bridgehead atoms. The minimum Gasteiger partial charge on any atom is -0.119 e. The molecule has 1 aliphatic rings. The molecule has 1 heteroatoms. The average molecular weight is 221 g/mol. The predicted octanol–water partition coefficient (Wildman–Crippen LogP) is 3.11. The lowest BCUT2D eigenvalue weighted by Gasteiger charge is -2.06. The first-order chi connectivity index (χ1) is 5.77. The van der Waals surface area contributed by atoms with Crippen molar-refractivity contribution in [1.82, 2.24) is 0 Å². The molecule has 0 radical (unpaired) electrons. The number of hydrogen-bond donors (Lipinski definition) is 0. The zero-order chi connectivity index (χ0) is 8.60. The van der Waals surface area contributed by atoms with E-state index >= 15 is 0 Å². The molecule has 1 aromatic rings. The number of halogens is 1. The fourth-order valence-corrected chi connectivity index (χ4v) is 1.67. The number of hydrogen-bond acceptors (Lipinski definition) is 0. The molecule has 12 heavy (non-hydrogen) atoms. The molecule has 0 saturated heterocycles. The van der Waals surface area contributed by atoms with Gasteiger partial charge < -0.3 is 0 Å². The Kier molecular flexibility index (Phi) is 1.73. The number of terminal acetylenes is 1. The third kappa shape index (κ3) is 1.17. The van der Waals surface area contributed by atoms with Gasteiger partial charge in [-0.2, -0.15) is 0 Å². The van der Waals surface area contributed by atoms with Crippen molar-refractivity contribution in [2.24, 2.45) is 0 Å². The molecule has 0 heterocycles. The fourth-order valence-electron chi connectivity index (χ4n) is 1.41. The molecule has 0 nitrogen and oxygen atoms in total. The highest BCUT2D eigenvalue weighted by Crippen LogP contribution is 2.47. The molecule has 0 aromatic heterocycles. The van der Waals surface area contributed by atoms with Crippen LogP contribution in [0.4, 0.5) is 0 Å². The maximum atomic E-state index is 5.48. The minimum absolute atomic E-state index is 0.0840. The van der Waals surface area contributed by atoms with Gasteiger partial charge in [0.1, 0.15) is 0 Å². The van der Waals surface area contributed by atoms with Crippen LogP contribution in [0.1, 0.15) is 18.4 Å². The van der Waals surface area contributed by atoms with E-state index in [1.807, 2.05) is 12.1 Å². The minimum atomic E-state index is 0.0840. The summed E-state index contributed by atoms with van der Waals surface area (Å²) >= 11 is 3.40. The van der Waals surface area contributed by atoms with Gasteiger partial charge in [-0.25, -0.2) is 0 Å². The van der Waals surface area contributed by atoms with Gasteiger partial charge in [0.2, 0.25) is 0 Å². The lowest BCUT2D eigenvalue weighted by molar-refractivity contribution is 0.930. The Morgan fingerprint density at radius 3 is 2.25 bits per heavy atom. The molecule has 0 spiro atoms. The van der Waals surface area contributed by atoms with E-state index in [0.29, 0.717) is 0 Å². The third-order valence-electron chi connectivity index (χ3n) is 2.42. The Labute approximate surface area is 81.1 Å². The Hall–Kier alpha value is -0.740. The Balaban J connectivity index is 2.37. The van der Waals surface area contributed by atoms with Crippen LogP contribution < -0.4 is 0 Å². The normalized spacial score (nSPS) is 18.3. The Morgan fingerprint density at radius 1 is 1.25 bits per heavy atom. The first-order valence-corrected chi connectivity index (χ1v) is 4.80. The summed E-state index contributed by atoms with van der Waals surface area (Å²) in [4.78, 5) is 0. The van der Waals surface area contributed by atoms with Gasteiger partial charge in [0.25, 0.3) is 0 Å². The van der Waals surface area contributed by atoms with Crippen LogP contribution in [0.2, 0.25) is 0 Å². The van der Waals surface area contributed by atoms with E-state index < -0.39 is 0 Å². The van der Waals surface area contributed by atoms with Crippen molar-refractivity contribution in [2.45, 2.75) is 18.3 Å². The maximum Gasteiger partial charge on any atom is 0.0561 e. The number of benzene rings is 1. The molecular formula is C11H9Br. The maximum absolute atomic E-state index is 5.48. The average Bonchev–Trinajstić information content (AvgIpc) is 2.86. The molecular weight excluding hydrogens is 212 g/mol. The fraction of sp³-hybridized carbons (Fsp3) is 0.273. The summed E-state index contributed by atoms with van der Waals surface area (Å²) in [5.41, 5.74) is 1.37. The predicted molar refractivity (Wildman–Crippen MR) is 53.9 cm³/mol. The van der Waals surface area contributed by atoms with E-state index in [-0.39, 0.29) is 5.41 Å². The van der Waals surface area contributed by atoms with Crippen molar-refractivity contribution in [3.05, 3.63) is 34.3 Å². The molecule has 1 fully saturated rings. The van der Waals surface area contributed by atoms with E-state index in [1.54, 1.807) is 0 Å². The summed E-state index contributed by atoms with van der Waals surface area (Å²) in [6, 6.07) is 8.31. The second-order valence-electron chi connectivity index (χ2n) is 3.23. The molecule has 1 aliphatic carbocycles.